The van der Waals surface area contributed by atoms with E-state index in [1.807, 2.05) is 0 Å². The molecule has 19 heavy (non-hydrogen) atoms. The maximum Gasteiger partial charge on any atom is 0.339 e. The maximum absolute atomic E-state index is 12.9. The molecule has 1 fully saturated rings. The summed E-state index contributed by atoms with van der Waals surface area (Å²) in [5, 5.41) is 13.7. The van der Waals surface area contributed by atoms with Crippen LogP contribution in [-0.4, -0.2) is 33.9 Å². The van der Waals surface area contributed by atoms with E-state index in [1.54, 1.807) is 0 Å². The van der Waals surface area contributed by atoms with Gasteiger partial charge in [-0.1, -0.05) is 0 Å². The average Bonchev–Trinajstić information content (AvgIpc) is 2.34. The molecule has 0 radical (unpaired) electrons. The second-order valence-corrected chi connectivity index (χ2v) is 4.00. The quantitative estimate of drug-likeness (QED) is 0.672. The van der Waals surface area contributed by atoms with Crippen molar-refractivity contribution in [2.24, 2.45) is 0 Å². The standard InChI is InChI=1S/C11H10FN3O4/c12-5-3-6(11(18)19)9(13-4-5)14-7-1-2-8(16)15-10(7)17/h3-4,7H,1-2H2,(H,13,14)(H,18,19)(H,15,16,17). The maximum atomic E-state index is 12.9. The summed E-state index contributed by atoms with van der Waals surface area (Å²) in [5.74, 6) is -3.19. The fourth-order valence-electron chi connectivity index (χ4n) is 1.71. The van der Waals surface area contributed by atoms with Gasteiger partial charge in [-0.25, -0.2) is 14.2 Å². The molecule has 0 aliphatic carbocycles. The number of amides is 2. The van der Waals surface area contributed by atoms with Crippen LogP contribution in [0.2, 0.25) is 0 Å². The Morgan fingerprint density at radius 1 is 1.53 bits per heavy atom. The molecule has 0 aromatic carbocycles. The van der Waals surface area contributed by atoms with Crippen LogP contribution in [0.3, 0.4) is 0 Å². The van der Waals surface area contributed by atoms with Gasteiger partial charge in [-0.05, 0) is 12.5 Å². The largest absolute Gasteiger partial charge is 0.478 e. The summed E-state index contributed by atoms with van der Waals surface area (Å²) in [4.78, 5) is 37.0. The number of imide groups is 1. The summed E-state index contributed by atoms with van der Waals surface area (Å²) in [7, 11) is 0. The third kappa shape index (κ3) is 2.84. The molecular weight excluding hydrogens is 257 g/mol. The first-order chi connectivity index (χ1) is 8.97. The summed E-state index contributed by atoms with van der Waals surface area (Å²) < 4.78 is 12.9. The van der Waals surface area contributed by atoms with Crippen molar-refractivity contribution < 1.29 is 23.9 Å². The Hall–Kier alpha value is -2.51. The van der Waals surface area contributed by atoms with Crippen LogP contribution in [0.15, 0.2) is 12.3 Å². The smallest absolute Gasteiger partial charge is 0.339 e. The Kier molecular flexibility index (Phi) is 3.41. The lowest BCUT2D eigenvalue weighted by molar-refractivity contribution is -0.133. The molecular formula is C11H10FN3O4. The summed E-state index contributed by atoms with van der Waals surface area (Å²) in [6.45, 7) is 0. The van der Waals surface area contributed by atoms with Crippen molar-refractivity contribution in [1.82, 2.24) is 10.3 Å². The van der Waals surface area contributed by atoms with Gasteiger partial charge in [0.05, 0.1) is 6.20 Å². The van der Waals surface area contributed by atoms with E-state index in [0.717, 1.165) is 12.3 Å². The summed E-state index contributed by atoms with van der Waals surface area (Å²) in [6.07, 6.45) is 1.22. The lowest BCUT2D eigenvalue weighted by Crippen LogP contribution is -2.47. The Morgan fingerprint density at radius 3 is 2.89 bits per heavy atom. The monoisotopic (exact) mass is 267 g/mol. The van der Waals surface area contributed by atoms with E-state index in [4.69, 9.17) is 5.11 Å². The van der Waals surface area contributed by atoms with Crippen LogP contribution in [0.1, 0.15) is 23.2 Å². The zero-order chi connectivity index (χ0) is 14.0. The van der Waals surface area contributed by atoms with Gasteiger partial charge in [0.25, 0.3) is 0 Å². The Balaban J connectivity index is 2.21. The van der Waals surface area contributed by atoms with E-state index >= 15 is 0 Å². The van der Waals surface area contributed by atoms with E-state index < -0.39 is 23.7 Å². The molecule has 2 heterocycles. The molecule has 0 spiro atoms. The molecule has 7 nitrogen and oxygen atoms in total. The number of pyridine rings is 1. The number of nitrogens with zero attached hydrogens (tertiary/aromatic N) is 1. The SMILES string of the molecule is O=C1CCC(Nc2ncc(F)cc2C(=O)O)C(=O)N1. The Labute approximate surface area is 106 Å². The number of nitrogens with one attached hydrogen (secondary N) is 2. The number of halogens is 1. The van der Waals surface area contributed by atoms with Crippen molar-refractivity contribution in [1.29, 1.82) is 0 Å². The van der Waals surface area contributed by atoms with E-state index in [0.29, 0.717) is 0 Å². The lowest BCUT2D eigenvalue weighted by atomic mass is 10.1. The van der Waals surface area contributed by atoms with Crippen LogP contribution in [0, 0.1) is 5.82 Å². The minimum Gasteiger partial charge on any atom is -0.478 e. The highest BCUT2D eigenvalue weighted by Crippen LogP contribution is 2.17. The van der Waals surface area contributed by atoms with Crippen LogP contribution in [-0.2, 0) is 9.59 Å². The van der Waals surface area contributed by atoms with Crippen LogP contribution < -0.4 is 10.6 Å². The number of hydrogen-bond acceptors (Lipinski definition) is 5. The third-order valence-electron chi connectivity index (χ3n) is 2.63. The molecule has 1 aliphatic heterocycles. The number of carboxylic acid groups (broad SMARTS) is 1. The highest BCUT2D eigenvalue weighted by molar-refractivity contribution is 6.02. The molecule has 2 rings (SSSR count). The Morgan fingerprint density at radius 2 is 2.26 bits per heavy atom. The van der Waals surface area contributed by atoms with Crippen LogP contribution >= 0.6 is 0 Å². The summed E-state index contributed by atoms with van der Waals surface area (Å²) in [6, 6.07) is 0.0394. The summed E-state index contributed by atoms with van der Waals surface area (Å²) in [5.41, 5.74) is -0.371. The molecule has 1 saturated heterocycles. The number of piperidine rings is 1. The van der Waals surface area contributed by atoms with E-state index in [1.165, 1.54) is 0 Å². The molecule has 3 N–H and O–H groups in total. The number of aromatic carboxylic acids is 1. The second kappa shape index (κ2) is 5.01. The Bertz CT molecular complexity index is 561. The predicted octanol–water partition coefficient (Wildman–Crippen LogP) is 0.136. The van der Waals surface area contributed by atoms with Crippen molar-refractivity contribution in [3.05, 3.63) is 23.6 Å². The zero-order valence-electron chi connectivity index (χ0n) is 9.64. The normalized spacial score (nSPS) is 18.9. The average molecular weight is 267 g/mol. The number of hydrogen-bond donors (Lipinski definition) is 3. The molecule has 1 aromatic heterocycles. The van der Waals surface area contributed by atoms with Gasteiger partial charge >= 0.3 is 5.97 Å². The summed E-state index contributed by atoms with van der Waals surface area (Å²) >= 11 is 0. The minimum absolute atomic E-state index is 0.108. The van der Waals surface area contributed by atoms with Gasteiger partial charge in [-0.3, -0.25) is 14.9 Å². The third-order valence-corrected chi connectivity index (χ3v) is 2.63. The molecule has 1 atom stereocenters. The molecule has 0 saturated carbocycles. The highest BCUT2D eigenvalue weighted by atomic mass is 19.1. The first kappa shape index (κ1) is 12.9. The van der Waals surface area contributed by atoms with Gasteiger partial charge in [0.15, 0.2) is 0 Å². The number of anilines is 1. The lowest BCUT2D eigenvalue weighted by Gasteiger charge is -2.22. The van der Waals surface area contributed by atoms with Crippen molar-refractivity contribution >= 4 is 23.6 Å². The minimum atomic E-state index is -1.36. The topological polar surface area (TPSA) is 108 Å². The number of carbonyl (C=O) groups excluding carboxylic acids is 2. The molecule has 1 aliphatic rings. The van der Waals surface area contributed by atoms with Crippen LogP contribution in [0.25, 0.3) is 0 Å². The second-order valence-electron chi connectivity index (χ2n) is 4.00. The van der Waals surface area contributed by atoms with Crippen molar-refractivity contribution in [3.63, 3.8) is 0 Å². The molecule has 8 heteroatoms. The van der Waals surface area contributed by atoms with Crippen molar-refractivity contribution in [2.45, 2.75) is 18.9 Å². The molecule has 0 bridgehead atoms. The van der Waals surface area contributed by atoms with Gasteiger partial charge in [0, 0.05) is 6.42 Å². The zero-order valence-corrected chi connectivity index (χ0v) is 9.64. The predicted molar refractivity (Wildman–Crippen MR) is 60.9 cm³/mol. The van der Waals surface area contributed by atoms with Crippen molar-refractivity contribution in [2.75, 3.05) is 5.32 Å². The van der Waals surface area contributed by atoms with E-state index in [2.05, 4.69) is 15.6 Å². The van der Waals surface area contributed by atoms with Gasteiger partial charge < -0.3 is 10.4 Å². The first-order valence-electron chi connectivity index (χ1n) is 5.46. The number of rotatable bonds is 3. The van der Waals surface area contributed by atoms with Gasteiger partial charge in [0.1, 0.15) is 23.2 Å². The first-order valence-corrected chi connectivity index (χ1v) is 5.46. The van der Waals surface area contributed by atoms with Crippen LogP contribution in [0.5, 0.6) is 0 Å². The van der Waals surface area contributed by atoms with Crippen molar-refractivity contribution in [3.8, 4) is 0 Å². The fraction of sp³-hybridized carbons (Fsp3) is 0.273. The highest BCUT2D eigenvalue weighted by Gasteiger charge is 2.28. The molecule has 1 aromatic rings. The van der Waals surface area contributed by atoms with Gasteiger partial charge in [0.2, 0.25) is 11.8 Å². The molecule has 100 valence electrons. The fourth-order valence-corrected chi connectivity index (χ4v) is 1.71. The number of carboxylic acids is 1. The van der Waals surface area contributed by atoms with E-state index in [-0.39, 0.29) is 30.1 Å². The van der Waals surface area contributed by atoms with Crippen LogP contribution in [0.4, 0.5) is 10.2 Å². The number of aromatic nitrogens is 1. The molecule has 2 amide bonds. The van der Waals surface area contributed by atoms with E-state index in [9.17, 15) is 18.8 Å². The molecule has 1 unspecified atom stereocenters. The van der Waals surface area contributed by atoms with Gasteiger partial charge in [-0.2, -0.15) is 0 Å². The van der Waals surface area contributed by atoms with Gasteiger partial charge in [-0.15, -0.1) is 0 Å². The number of carbonyl (C=O) groups is 3.